The van der Waals surface area contributed by atoms with Crippen molar-refractivity contribution < 1.29 is 4.90 Å². The highest BCUT2D eigenvalue weighted by molar-refractivity contribution is 9.11. The number of fused-ring (bicyclic) bond motifs is 1. The van der Waals surface area contributed by atoms with Gasteiger partial charge in [0.05, 0.1) is 25.2 Å². The molecule has 0 fully saturated rings. The Kier molecular flexibility index (Phi) is 10.2. The van der Waals surface area contributed by atoms with E-state index in [0.29, 0.717) is 16.9 Å². The molecule has 1 atom stereocenters. The molecule has 3 aromatic rings. The SMILES string of the molecule is CC[NH+](CC)CCCC(C)Nc1nc(C=Cc2c(Br)cc(Br)cc2Br)nc2cc(Cl)ccc12. The lowest BCUT2D eigenvalue weighted by molar-refractivity contribution is -0.896. The predicted molar refractivity (Wildman–Crippen MR) is 152 cm³/mol. The summed E-state index contributed by atoms with van der Waals surface area (Å²) in [5.41, 5.74) is 1.85. The van der Waals surface area contributed by atoms with Crippen LogP contribution in [0.3, 0.4) is 0 Å². The van der Waals surface area contributed by atoms with Gasteiger partial charge in [-0.05, 0) is 76.1 Å². The van der Waals surface area contributed by atoms with Crippen molar-refractivity contribution in [1.82, 2.24) is 9.97 Å². The number of quaternary nitrogens is 1. The molecule has 0 radical (unpaired) electrons. The molecule has 2 N–H and O–H groups in total. The van der Waals surface area contributed by atoms with E-state index in [4.69, 9.17) is 21.6 Å². The zero-order valence-corrected chi connectivity index (χ0v) is 24.6. The van der Waals surface area contributed by atoms with Crippen molar-refractivity contribution in [3.8, 4) is 0 Å². The number of nitrogens with one attached hydrogen (secondary N) is 2. The van der Waals surface area contributed by atoms with Gasteiger partial charge < -0.3 is 10.2 Å². The van der Waals surface area contributed by atoms with Crippen molar-refractivity contribution in [2.75, 3.05) is 25.0 Å². The summed E-state index contributed by atoms with van der Waals surface area (Å²) in [4.78, 5) is 11.2. The summed E-state index contributed by atoms with van der Waals surface area (Å²) in [6.45, 7) is 10.3. The number of nitrogens with zero attached hydrogens (tertiary/aromatic N) is 2. The number of aromatic nitrogens is 2. The summed E-state index contributed by atoms with van der Waals surface area (Å²) in [7, 11) is 0. The van der Waals surface area contributed by atoms with Crippen LogP contribution in [-0.4, -0.2) is 35.6 Å². The van der Waals surface area contributed by atoms with Crippen molar-refractivity contribution >= 4 is 88.3 Å². The molecule has 0 bridgehead atoms. The normalized spacial score (nSPS) is 12.7. The van der Waals surface area contributed by atoms with Crippen molar-refractivity contribution in [3.63, 3.8) is 0 Å². The monoisotopic (exact) mass is 657 g/mol. The minimum Gasteiger partial charge on any atom is -0.367 e. The van der Waals surface area contributed by atoms with Crippen LogP contribution in [-0.2, 0) is 0 Å². The third-order valence-corrected chi connectivity index (χ3v) is 7.67. The summed E-state index contributed by atoms with van der Waals surface area (Å²) in [6.07, 6.45) is 6.20. The summed E-state index contributed by atoms with van der Waals surface area (Å²) < 4.78 is 2.95. The van der Waals surface area contributed by atoms with E-state index in [2.05, 4.69) is 73.9 Å². The first-order valence-electron chi connectivity index (χ1n) is 11.2. The van der Waals surface area contributed by atoms with E-state index in [9.17, 15) is 0 Å². The lowest BCUT2D eigenvalue weighted by Crippen LogP contribution is -3.11. The zero-order chi connectivity index (χ0) is 24.0. The van der Waals surface area contributed by atoms with Gasteiger partial charge in [0.25, 0.3) is 0 Å². The van der Waals surface area contributed by atoms with E-state index in [-0.39, 0.29) is 0 Å². The van der Waals surface area contributed by atoms with E-state index < -0.39 is 0 Å². The van der Waals surface area contributed by atoms with Gasteiger partial charge in [-0.3, -0.25) is 0 Å². The molecule has 0 saturated heterocycles. The van der Waals surface area contributed by atoms with Crippen molar-refractivity contribution in [3.05, 3.63) is 60.2 Å². The summed E-state index contributed by atoms with van der Waals surface area (Å²) in [6, 6.07) is 10.1. The quantitative estimate of drug-likeness (QED) is 0.241. The molecule has 0 aliphatic carbocycles. The Balaban J connectivity index is 1.86. The van der Waals surface area contributed by atoms with Crippen LogP contribution in [0.5, 0.6) is 0 Å². The maximum absolute atomic E-state index is 6.27. The maximum Gasteiger partial charge on any atom is 0.154 e. The standard InChI is InChI=1S/C25H28Br3ClN4/c1-4-33(5-2)12-6-7-16(3)30-25-20-9-8-18(29)15-23(20)31-24(32-25)11-10-19-21(27)13-17(26)14-22(19)28/h8-11,13-16H,4-7,12H2,1-3H3,(H,30,31,32)/p+1. The number of halogens is 4. The largest absolute Gasteiger partial charge is 0.367 e. The van der Waals surface area contributed by atoms with Gasteiger partial charge in [-0.25, -0.2) is 9.97 Å². The molecule has 0 amide bonds. The maximum atomic E-state index is 6.27. The second kappa shape index (κ2) is 12.6. The summed E-state index contributed by atoms with van der Waals surface area (Å²) in [5, 5.41) is 5.26. The second-order valence-electron chi connectivity index (χ2n) is 8.10. The van der Waals surface area contributed by atoms with Gasteiger partial charge in [0.2, 0.25) is 0 Å². The lowest BCUT2D eigenvalue weighted by atomic mass is 10.1. The van der Waals surface area contributed by atoms with Crippen molar-refractivity contribution in [2.24, 2.45) is 0 Å². The first-order chi connectivity index (χ1) is 15.8. The molecule has 0 aliphatic rings. The topological polar surface area (TPSA) is 42.2 Å². The molecule has 176 valence electrons. The van der Waals surface area contributed by atoms with Gasteiger partial charge >= 0.3 is 0 Å². The molecular weight excluding hydrogens is 631 g/mol. The van der Waals surface area contributed by atoms with E-state index >= 15 is 0 Å². The van der Waals surface area contributed by atoms with Crippen LogP contribution >= 0.6 is 59.4 Å². The molecule has 1 aromatic heterocycles. The van der Waals surface area contributed by atoms with Gasteiger partial charge in [-0.1, -0.05) is 59.4 Å². The fourth-order valence-corrected chi connectivity index (χ4v) is 6.43. The lowest BCUT2D eigenvalue weighted by Gasteiger charge is -2.19. The first-order valence-corrected chi connectivity index (χ1v) is 14.0. The average Bonchev–Trinajstić information content (AvgIpc) is 2.75. The molecule has 0 aliphatic heterocycles. The Morgan fingerprint density at radius 3 is 2.39 bits per heavy atom. The third-order valence-electron chi connectivity index (χ3n) is 5.67. The number of hydrogen-bond acceptors (Lipinski definition) is 3. The fourth-order valence-electron chi connectivity index (χ4n) is 3.74. The smallest absolute Gasteiger partial charge is 0.154 e. The molecule has 1 heterocycles. The average molecular weight is 661 g/mol. The van der Waals surface area contributed by atoms with Crippen molar-refractivity contribution in [2.45, 2.75) is 39.7 Å². The van der Waals surface area contributed by atoms with Crippen LogP contribution in [0.4, 0.5) is 5.82 Å². The summed E-state index contributed by atoms with van der Waals surface area (Å²) in [5.74, 6) is 1.47. The van der Waals surface area contributed by atoms with Gasteiger partial charge in [-0.2, -0.15) is 0 Å². The predicted octanol–water partition coefficient (Wildman–Crippen LogP) is 7.25. The highest BCUT2D eigenvalue weighted by Gasteiger charge is 2.12. The molecule has 33 heavy (non-hydrogen) atoms. The number of rotatable bonds is 10. The van der Waals surface area contributed by atoms with Crippen molar-refractivity contribution in [1.29, 1.82) is 0 Å². The Bertz CT molecular complexity index is 1110. The van der Waals surface area contributed by atoms with E-state index in [0.717, 1.165) is 42.1 Å². The molecule has 0 saturated carbocycles. The molecule has 2 aromatic carbocycles. The van der Waals surface area contributed by atoms with Gasteiger partial charge in [0.15, 0.2) is 5.82 Å². The van der Waals surface area contributed by atoms with Crippen LogP contribution in [0.25, 0.3) is 23.1 Å². The summed E-state index contributed by atoms with van der Waals surface area (Å²) >= 11 is 17.0. The Morgan fingerprint density at radius 1 is 1.03 bits per heavy atom. The highest BCUT2D eigenvalue weighted by Crippen LogP contribution is 2.31. The Hall–Kier alpha value is -0.990. The van der Waals surface area contributed by atoms with Crippen LogP contribution in [0.2, 0.25) is 5.02 Å². The number of anilines is 1. The highest BCUT2D eigenvalue weighted by atomic mass is 79.9. The van der Waals surface area contributed by atoms with Crippen LogP contribution in [0.1, 0.15) is 45.0 Å². The fraction of sp³-hybridized carbons (Fsp3) is 0.360. The van der Waals surface area contributed by atoms with E-state index in [1.165, 1.54) is 26.1 Å². The van der Waals surface area contributed by atoms with E-state index in [1.54, 1.807) is 4.90 Å². The zero-order valence-electron chi connectivity index (χ0n) is 19.1. The number of benzene rings is 2. The minimum atomic E-state index is 0.306. The number of hydrogen-bond donors (Lipinski definition) is 2. The Morgan fingerprint density at radius 2 is 1.73 bits per heavy atom. The van der Waals surface area contributed by atoms with Gasteiger partial charge in [0, 0.05) is 35.4 Å². The van der Waals surface area contributed by atoms with Crippen LogP contribution in [0.15, 0.2) is 43.7 Å². The molecule has 1 unspecified atom stereocenters. The van der Waals surface area contributed by atoms with Crippen LogP contribution < -0.4 is 10.2 Å². The van der Waals surface area contributed by atoms with Crippen LogP contribution in [0, 0.1) is 0 Å². The molecule has 3 rings (SSSR count). The van der Waals surface area contributed by atoms with E-state index in [1.807, 2.05) is 42.5 Å². The molecule has 4 nitrogen and oxygen atoms in total. The molecular formula is C25H29Br3ClN4+. The minimum absolute atomic E-state index is 0.306. The van der Waals surface area contributed by atoms with Gasteiger partial charge in [-0.15, -0.1) is 0 Å². The third kappa shape index (κ3) is 7.49. The Labute approximate surface area is 226 Å². The molecule has 8 heteroatoms. The second-order valence-corrected chi connectivity index (χ2v) is 11.2. The molecule has 0 spiro atoms. The first kappa shape index (κ1) is 26.6. The van der Waals surface area contributed by atoms with Gasteiger partial charge in [0.1, 0.15) is 5.82 Å².